The minimum absolute atomic E-state index is 0.217. The van der Waals surface area contributed by atoms with Gasteiger partial charge in [0, 0.05) is 6.42 Å². The quantitative estimate of drug-likeness (QED) is 0.436. The fraction of sp³-hybridized carbons (Fsp3) is 0.800. The first-order chi connectivity index (χ1) is 7.66. The summed E-state index contributed by atoms with van der Waals surface area (Å²) >= 11 is 0. The number of carbonyl (C=O) groups is 2. The monoisotopic (exact) mass is 234 g/mol. The molecule has 0 rings (SSSR count). The SMILES string of the molecule is CCCC(=O)OCCOCCOCC(=O)O. The van der Waals surface area contributed by atoms with Crippen LogP contribution >= 0.6 is 0 Å². The normalized spacial score (nSPS) is 10.1. The molecule has 0 aliphatic rings. The summed E-state index contributed by atoms with van der Waals surface area (Å²) in [5.41, 5.74) is 0. The van der Waals surface area contributed by atoms with Crippen LogP contribution in [0.25, 0.3) is 0 Å². The number of aliphatic carboxylic acids is 1. The highest BCUT2D eigenvalue weighted by Crippen LogP contribution is 1.90. The summed E-state index contributed by atoms with van der Waals surface area (Å²) < 4.78 is 14.6. The number of hydrogen-bond donors (Lipinski definition) is 1. The molecule has 0 amide bonds. The van der Waals surface area contributed by atoms with E-state index in [-0.39, 0.29) is 25.8 Å². The van der Waals surface area contributed by atoms with Gasteiger partial charge in [-0.3, -0.25) is 4.79 Å². The molecule has 0 atom stereocenters. The summed E-state index contributed by atoms with van der Waals surface area (Å²) in [6, 6.07) is 0. The van der Waals surface area contributed by atoms with Crippen molar-refractivity contribution in [3.8, 4) is 0 Å². The van der Waals surface area contributed by atoms with Gasteiger partial charge in [-0.2, -0.15) is 0 Å². The molecule has 0 spiro atoms. The van der Waals surface area contributed by atoms with E-state index in [0.717, 1.165) is 6.42 Å². The molecule has 0 aromatic heterocycles. The topological polar surface area (TPSA) is 82.1 Å². The smallest absolute Gasteiger partial charge is 0.329 e. The van der Waals surface area contributed by atoms with Gasteiger partial charge < -0.3 is 19.3 Å². The molecule has 0 radical (unpaired) electrons. The fourth-order valence-corrected chi connectivity index (χ4v) is 0.870. The van der Waals surface area contributed by atoms with E-state index in [4.69, 9.17) is 19.3 Å². The number of carboxylic acids is 1. The molecule has 6 nitrogen and oxygen atoms in total. The molecular weight excluding hydrogens is 216 g/mol. The van der Waals surface area contributed by atoms with Crippen LogP contribution in [0, 0.1) is 0 Å². The number of carboxylic acid groups (broad SMARTS) is 1. The van der Waals surface area contributed by atoms with Crippen LogP contribution < -0.4 is 0 Å². The predicted octanol–water partition coefficient (Wildman–Crippen LogP) is 0.447. The highest BCUT2D eigenvalue weighted by atomic mass is 16.6. The van der Waals surface area contributed by atoms with Gasteiger partial charge in [0.2, 0.25) is 0 Å². The van der Waals surface area contributed by atoms with Gasteiger partial charge in [-0.05, 0) is 6.42 Å². The van der Waals surface area contributed by atoms with Crippen molar-refractivity contribution in [3.05, 3.63) is 0 Å². The van der Waals surface area contributed by atoms with Crippen molar-refractivity contribution < 1.29 is 28.9 Å². The van der Waals surface area contributed by atoms with Gasteiger partial charge in [0.25, 0.3) is 0 Å². The molecule has 0 aromatic carbocycles. The number of carbonyl (C=O) groups excluding carboxylic acids is 1. The zero-order chi connectivity index (χ0) is 12.2. The Kier molecular flexibility index (Phi) is 9.64. The Morgan fingerprint density at radius 3 is 2.31 bits per heavy atom. The lowest BCUT2D eigenvalue weighted by Gasteiger charge is -2.05. The summed E-state index contributed by atoms with van der Waals surface area (Å²) in [5.74, 6) is -1.23. The van der Waals surface area contributed by atoms with Gasteiger partial charge in [-0.1, -0.05) is 6.92 Å². The van der Waals surface area contributed by atoms with Crippen LogP contribution in [0.15, 0.2) is 0 Å². The second kappa shape index (κ2) is 10.4. The van der Waals surface area contributed by atoms with Crippen molar-refractivity contribution in [2.75, 3.05) is 33.0 Å². The van der Waals surface area contributed by atoms with Gasteiger partial charge in [-0.25, -0.2) is 4.79 Å². The summed E-state index contributed by atoms with van der Waals surface area (Å²) in [6.07, 6.45) is 1.18. The molecule has 94 valence electrons. The second-order valence-electron chi connectivity index (χ2n) is 3.03. The number of esters is 1. The molecule has 16 heavy (non-hydrogen) atoms. The first kappa shape index (κ1) is 14.9. The van der Waals surface area contributed by atoms with Crippen molar-refractivity contribution in [2.24, 2.45) is 0 Å². The first-order valence-corrected chi connectivity index (χ1v) is 5.19. The minimum Gasteiger partial charge on any atom is -0.480 e. The fourth-order valence-electron chi connectivity index (χ4n) is 0.870. The highest BCUT2D eigenvalue weighted by Gasteiger charge is 2.00. The third-order valence-corrected chi connectivity index (χ3v) is 1.54. The van der Waals surface area contributed by atoms with Crippen molar-refractivity contribution in [2.45, 2.75) is 19.8 Å². The number of hydrogen-bond acceptors (Lipinski definition) is 5. The van der Waals surface area contributed by atoms with Gasteiger partial charge in [0.1, 0.15) is 13.2 Å². The lowest BCUT2D eigenvalue weighted by molar-refractivity contribution is -0.146. The highest BCUT2D eigenvalue weighted by molar-refractivity contribution is 5.69. The van der Waals surface area contributed by atoms with Gasteiger partial charge >= 0.3 is 11.9 Å². The van der Waals surface area contributed by atoms with Crippen LogP contribution in [-0.2, 0) is 23.8 Å². The van der Waals surface area contributed by atoms with E-state index in [1.54, 1.807) is 0 Å². The molecule has 1 N–H and O–H groups in total. The van der Waals surface area contributed by atoms with Crippen molar-refractivity contribution in [1.29, 1.82) is 0 Å². The lowest BCUT2D eigenvalue weighted by atomic mass is 10.3. The average Bonchev–Trinajstić information content (AvgIpc) is 2.22. The summed E-state index contributed by atoms with van der Waals surface area (Å²) in [5, 5.41) is 8.24. The molecule has 0 aliphatic carbocycles. The Hall–Kier alpha value is -1.14. The van der Waals surface area contributed by atoms with E-state index in [2.05, 4.69) is 0 Å². The molecule has 0 fully saturated rings. The third kappa shape index (κ3) is 10.9. The van der Waals surface area contributed by atoms with E-state index in [1.165, 1.54) is 0 Å². The Labute approximate surface area is 94.5 Å². The van der Waals surface area contributed by atoms with Crippen molar-refractivity contribution in [3.63, 3.8) is 0 Å². The van der Waals surface area contributed by atoms with Gasteiger partial charge in [0.05, 0.1) is 19.8 Å². The maximum absolute atomic E-state index is 10.9. The van der Waals surface area contributed by atoms with Crippen LogP contribution in [0.3, 0.4) is 0 Å². The standard InChI is InChI=1S/C10H18O6/c1-2-3-10(13)16-7-6-14-4-5-15-8-9(11)12/h2-8H2,1H3,(H,11,12). The van der Waals surface area contributed by atoms with Crippen LogP contribution in [-0.4, -0.2) is 50.1 Å². The molecular formula is C10H18O6. The van der Waals surface area contributed by atoms with Crippen LogP contribution in [0.4, 0.5) is 0 Å². The van der Waals surface area contributed by atoms with E-state index in [9.17, 15) is 9.59 Å². The molecule has 0 aromatic rings. The first-order valence-electron chi connectivity index (χ1n) is 5.19. The van der Waals surface area contributed by atoms with Crippen LogP contribution in [0.1, 0.15) is 19.8 Å². The van der Waals surface area contributed by atoms with E-state index in [1.807, 2.05) is 6.92 Å². The number of rotatable bonds is 10. The molecule has 0 saturated carbocycles. The summed E-state index contributed by atoms with van der Waals surface area (Å²) in [7, 11) is 0. The zero-order valence-electron chi connectivity index (χ0n) is 9.44. The Morgan fingerprint density at radius 2 is 1.69 bits per heavy atom. The molecule has 0 bridgehead atoms. The largest absolute Gasteiger partial charge is 0.480 e. The molecule has 0 aliphatic heterocycles. The molecule has 0 saturated heterocycles. The van der Waals surface area contributed by atoms with Crippen molar-refractivity contribution in [1.82, 2.24) is 0 Å². The molecule has 0 unspecified atom stereocenters. The Morgan fingerprint density at radius 1 is 1.06 bits per heavy atom. The van der Waals surface area contributed by atoms with E-state index >= 15 is 0 Å². The van der Waals surface area contributed by atoms with Gasteiger partial charge in [-0.15, -0.1) is 0 Å². The van der Waals surface area contributed by atoms with Crippen molar-refractivity contribution >= 4 is 11.9 Å². The third-order valence-electron chi connectivity index (χ3n) is 1.54. The second-order valence-corrected chi connectivity index (χ2v) is 3.03. The maximum Gasteiger partial charge on any atom is 0.329 e. The maximum atomic E-state index is 10.9. The van der Waals surface area contributed by atoms with Crippen LogP contribution in [0.2, 0.25) is 0 Å². The van der Waals surface area contributed by atoms with E-state index < -0.39 is 5.97 Å². The average molecular weight is 234 g/mol. The zero-order valence-corrected chi connectivity index (χ0v) is 9.44. The Bertz CT molecular complexity index is 203. The minimum atomic E-state index is -1.01. The molecule has 6 heteroatoms. The van der Waals surface area contributed by atoms with Crippen LogP contribution in [0.5, 0.6) is 0 Å². The summed E-state index contributed by atoms with van der Waals surface area (Å²) in [4.78, 5) is 20.9. The predicted molar refractivity (Wildman–Crippen MR) is 55.1 cm³/mol. The Balaban J connectivity index is 3.09. The number of ether oxygens (including phenoxy) is 3. The summed E-state index contributed by atoms with van der Waals surface area (Å²) in [6.45, 7) is 2.60. The van der Waals surface area contributed by atoms with Gasteiger partial charge in [0.15, 0.2) is 0 Å². The molecule has 0 heterocycles. The van der Waals surface area contributed by atoms with E-state index in [0.29, 0.717) is 19.6 Å². The lowest BCUT2D eigenvalue weighted by Crippen LogP contribution is -2.14.